The van der Waals surface area contributed by atoms with Gasteiger partial charge in [-0.2, -0.15) is 0 Å². The number of benzene rings is 2. The van der Waals surface area contributed by atoms with Gasteiger partial charge in [-0.15, -0.1) is 0 Å². The van der Waals surface area contributed by atoms with E-state index in [1.54, 1.807) is 30.3 Å². The Morgan fingerprint density at radius 1 is 1.22 bits per heavy atom. The summed E-state index contributed by atoms with van der Waals surface area (Å²) in [5.74, 6) is -0.211. The van der Waals surface area contributed by atoms with E-state index in [9.17, 15) is 4.39 Å². The number of hydrogen-bond acceptors (Lipinski definition) is 3. The average molecular weight is 263 g/mol. The summed E-state index contributed by atoms with van der Waals surface area (Å²) in [6.07, 6.45) is 0. The van der Waals surface area contributed by atoms with E-state index in [-0.39, 0.29) is 11.6 Å². The van der Waals surface area contributed by atoms with Crippen molar-refractivity contribution in [3.63, 3.8) is 0 Å². The third-order valence-corrected chi connectivity index (χ3v) is 2.87. The number of nitrogens with zero attached hydrogens (tertiary/aromatic N) is 1. The van der Waals surface area contributed by atoms with Crippen molar-refractivity contribution >= 4 is 28.4 Å². The molecule has 0 fully saturated rings. The number of nitrogen functional groups attached to an aromatic ring is 1. The van der Waals surface area contributed by atoms with Crippen molar-refractivity contribution in [3.8, 4) is 11.5 Å². The van der Waals surface area contributed by atoms with Crippen molar-refractivity contribution in [1.29, 1.82) is 0 Å². The molecule has 0 aliphatic heterocycles. The van der Waals surface area contributed by atoms with Gasteiger partial charge in [0.05, 0.1) is 11.3 Å². The normalized spacial score (nSPS) is 11.0. The summed E-state index contributed by atoms with van der Waals surface area (Å²) in [4.78, 5) is 4.25. The molecule has 5 heteroatoms. The predicted molar refractivity (Wildman–Crippen MR) is 68.8 cm³/mol. The molecule has 3 rings (SSSR count). The molecule has 1 heterocycles. The first-order chi connectivity index (χ1) is 8.65. The molecule has 0 aliphatic carbocycles. The minimum Gasteiger partial charge on any atom is -0.436 e. The zero-order valence-electron chi connectivity index (χ0n) is 9.15. The van der Waals surface area contributed by atoms with E-state index in [4.69, 9.17) is 21.8 Å². The Morgan fingerprint density at radius 3 is 2.89 bits per heavy atom. The van der Waals surface area contributed by atoms with Crippen molar-refractivity contribution in [2.24, 2.45) is 0 Å². The third kappa shape index (κ3) is 1.71. The second-order valence-corrected chi connectivity index (χ2v) is 4.27. The van der Waals surface area contributed by atoms with Crippen molar-refractivity contribution < 1.29 is 8.81 Å². The second-order valence-electron chi connectivity index (χ2n) is 3.83. The van der Waals surface area contributed by atoms with Crippen LogP contribution in [0.3, 0.4) is 0 Å². The first-order valence-corrected chi connectivity index (χ1v) is 5.63. The number of aromatic nitrogens is 1. The van der Waals surface area contributed by atoms with Crippen LogP contribution in [0.25, 0.3) is 22.6 Å². The monoisotopic (exact) mass is 262 g/mol. The van der Waals surface area contributed by atoms with Gasteiger partial charge in [0.1, 0.15) is 11.3 Å². The lowest BCUT2D eigenvalue weighted by molar-refractivity contribution is 0.614. The molecule has 2 aromatic carbocycles. The molecule has 0 spiro atoms. The number of nitrogens with two attached hydrogens (primary N) is 1. The van der Waals surface area contributed by atoms with Gasteiger partial charge in [0, 0.05) is 11.1 Å². The Balaban J connectivity index is 2.22. The van der Waals surface area contributed by atoms with Crippen LogP contribution >= 0.6 is 11.6 Å². The maximum Gasteiger partial charge on any atom is 0.229 e. The van der Waals surface area contributed by atoms with E-state index in [0.717, 1.165) is 0 Å². The van der Waals surface area contributed by atoms with Gasteiger partial charge in [0.25, 0.3) is 0 Å². The second kappa shape index (κ2) is 3.99. The zero-order chi connectivity index (χ0) is 12.7. The SMILES string of the molecule is Nc1c(F)cccc1-c1nc2ccc(Cl)cc2o1. The maximum absolute atomic E-state index is 13.4. The lowest BCUT2D eigenvalue weighted by Crippen LogP contribution is -1.93. The Labute approximate surface area is 107 Å². The van der Waals surface area contributed by atoms with E-state index in [2.05, 4.69) is 4.98 Å². The summed E-state index contributed by atoms with van der Waals surface area (Å²) in [5, 5.41) is 0.553. The number of fused-ring (bicyclic) bond motifs is 1. The summed E-state index contributed by atoms with van der Waals surface area (Å²) < 4.78 is 18.9. The summed E-state index contributed by atoms with van der Waals surface area (Å²) in [5.41, 5.74) is 7.32. The first-order valence-electron chi connectivity index (χ1n) is 5.25. The van der Waals surface area contributed by atoms with E-state index in [1.807, 2.05) is 0 Å². The van der Waals surface area contributed by atoms with Gasteiger partial charge in [-0.25, -0.2) is 9.37 Å². The van der Waals surface area contributed by atoms with Crippen LogP contribution < -0.4 is 5.73 Å². The lowest BCUT2D eigenvalue weighted by Gasteiger charge is -2.01. The van der Waals surface area contributed by atoms with Crippen LogP contribution in [-0.4, -0.2) is 4.98 Å². The highest BCUT2D eigenvalue weighted by Crippen LogP contribution is 2.30. The molecule has 1 aromatic heterocycles. The summed E-state index contributed by atoms with van der Waals surface area (Å²) in [6, 6.07) is 9.61. The fourth-order valence-electron chi connectivity index (χ4n) is 1.74. The Morgan fingerprint density at radius 2 is 2.06 bits per heavy atom. The number of oxazole rings is 1. The van der Waals surface area contributed by atoms with Crippen LogP contribution in [0.1, 0.15) is 0 Å². The highest BCUT2D eigenvalue weighted by molar-refractivity contribution is 6.31. The number of hydrogen-bond donors (Lipinski definition) is 1. The third-order valence-electron chi connectivity index (χ3n) is 2.63. The molecule has 90 valence electrons. The number of halogens is 2. The maximum atomic E-state index is 13.4. The molecule has 0 aliphatic rings. The van der Waals surface area contributed by atoms with Crippen LogP contribution in [0.2, 0.25) is 5.02 Å². The molecule has 0 bridgehead atoms. The molecule has 0 amide bonds. The van der Waals surface area contributed by atoms with E-state index in [1.165, 1.54) is 6.07 Å². The van der Waals surface area contributed by atoms with Crippen molar-refractivity contribution in [1.82, 2.24) is 4.98 Å². The topological polar surface area (TPSA) is 52.0 Å². The molecule has 3 aromatic rings. The molecular formula is C13H8ClFN2O. The molecule has 0 atom stereocenters. The highest BCUT2D eigenvalue weighted by atomic mass is 35.5. The molecule has 0 saturated heterocycles. The largest absolute Gasteiger partial charge is 0.436 e. The first kappa shape index (κ1) is 11.0. The van der Waals surface area contributed by atoms with E-state index >= 15 is 0 Å². The Bertz CT molecular complexity index is 739. The number of para-hydroxylation sites is 1. The fraction of sp³-hybridized carbons (Fsp3) is 0. The van der Waals surface area contributed by atoms with Gasteiger partial charge in [0.2, 0.25) is 5.89 Å². The summed E-state index contributed by atoms with van der Waals surface area (Å²) >= 11 is 5.86. The fourth-order valence-corrected chi connectivity index (χ4v) is 1.90. The standard InChI is InChI=1S/C13H8ClFN2O/c14-7-4-5-10-11(6-7)18-13(17-10)8-2-1-3-9(15)12(8)16/h1-6H,16H2. The van der Waals surface area contributed by atoms with Gasteiger partial charge in [-0.3, -0.25) is 0 Å². The zero-order valence-corrected chi connectivity index (χ0v) is 9.91. The van der Waals surface area contributed by atoms with Crippen LogP contribution in [0.5, 0.6) is 0 Å². The van der Waals surface area contributed by atoms with Gasteiger partial charge < -0.3 is 10.2 Å². The predicted octanol–water partition coefficient (Wildman–Crippen LogP) is 3.87. The quantitative estimate of drug-likeness (QED) is 0.677. The average Bonchev–Trinajstić information content (AvgIpc) is 2.75. The van der Waals surface area contributed by atoms with Crippen molar-refractivity contribution in [3.05, 3.63) is 47.2 Å². The molecule has 0 unspecified atom stereocenters. The lowest BCUT2D eigenvalue weighted by atomic mass is 10.2. The Kier molecular flexibility index (Phi) is 2.45. The Hall–Kier alpha value is -2.07. The van der Waals surface area contributed by atoms with Gasteiger partial charge in [-0.1, -0.05) is 17.7 Å². The van der Waals surface area contributed by atoms with Crippen molar-refractivity contribution in [2.75, 3.05) is 5.73 Å². The number of rotatable bonds is 1. The van der Waals surface area contributed by atoms with E-state index in [0.29, 0.717) is 21.7 Å². The molecular weight excluding hydrogens is 255 g/mol. The minimum absolute atomic E-state index is 0.0233. The summed E-state index contributed by atoms with van der Waals surface area (Å²) in [7, 11) is 0. The smallest absolute Gasteiger partial charge is 0.229 e. The van der Waals surface area contributed by atoms with Gasteiger partial charge >= 0.3 is 0 Å². The van der Waals surface area contributed by atoms with Gasteiger partial charge in [-0.05, 0) is 24.3 Å². The molecule has 18 heavy (non-hydrogen) atoms. The molecule has 0 radical (unpaired) electrons. The van der Waals surface area contributed by atoms with Crippen molar-refractivity contribution in [2.45, 2.75) is 0 Å². The van der Waals surface area contributed by atoms with E-state index < -0.39 is 5.82 Å². The van der Waals surface area contributed by atoms with Crippen LogP contribution in [0.4, 0.5) is 10.1 Å². The van der Waals surface area contributed by atoms with Crippen LogP contribution in [-0.2, 0) is 0 Å². The minimum atomic E-state index is -0.493. The van der Waals surface area contributed by atoms with Gasteiger partial charge in [0.15, 0.2) is 5.58 Å². The van der Waals surface area contributed by atoms with Crippen LogP contribution in [0, 0.1) is 5.82 Å². The van der Waals surface area contributed by atoms with Crippen LogP contribution in [0.15, 0.2) is 40.8 Å². The number of anilines is 1. The summed E-state index contributed by atoms with van der Waals surface area (Å²) in [6.45, 7) is 0. The molecule has 2 N–H and O–H groups in total. The highest BCUT2D eigenvalue weighted by Gasteiger charge is 2.13. The molecule has 3 nitrogen and oxygen atoms in total. The molecule has 0 saturated carbocycles.